The summed E-state index contributed by atoms with van der Waals surface area (Å²) in [7, 11) is 1.67. The van der Waals surface area contributed by atoms with Gasteiger partial charge in [-0.05, 0) is 30.2 Å². The van der Waals surface area contributed by atoms with Crippen LogP contribution >= 0.6 is 24.0 Å². The first kappa shape index (κ1) is 21.2. The molecule has 126 valence electrons. The van der Waals surface area contributed by atoms with Crippen LogP contribution in [-0.2, 0) is 19.7 Å². The highest BCUT2D eigenvalue weighted by molar-refractivity contribution is 6.30. The van der Waals surface area contributed by atoms with Crippen molar-refractivity contribution in [3.8, 4) is 0 Å². The van der Waals surface area contributed by atoms with Crippen molar-refractivity contribution >= 4 is 30.0 Å². The number of nitrogens with two attached hydrogens (primary N) is 1. The maximum Gasteiger partial charge on any atom is 0.307 e. The second-order valence-electron chi connectivity index (χ2n) is 5.71. The van der Waals surface area contributed by atoms with Gasteiger partial charge in [-0.15, -0.1) is 12.4 Å². The molecule has 0 bridgehead atoms. The Kier molecular flexibility index (Phi) is 9.01. The summed E-state index contributed by atoms with van der Waals surface area (Å²) in [5, 5.41) is 0.603. The molecule has 0 radical (unpaired) electrons. The fourth-order valence-corrected chi connectivity index (χ4v) is 2.42. The molecule has 0 saturated carbocycles. The average molecular weight is 350 g/mol. The highest BCUT2D eigenvalue weighted by Crippen LogP contribution is 2.30. The van der Waals surface area contributed by atoms with Gasteiger partial charge in [0, 0.05) is 23.6 Å². The minimum Gasteiger partial charge on any atom is -0.466 e. The van der Waals surface area contributed by atoms with E-state index in [-0.39, 0.29) is 30.2 Å². The first-order valence-corrected chi connectivity index (χ1v) is 7.39. The van der Waals surface area contributed by atoms with Gasteiger partial charge in [0.2, 0.25) is 0 Å². The van der Waals surface area contributed by atoms with E-state index in [9.17, 15) is 4.79 Å². The molecular formula is C16H25Cl2NO3. The van der Waals surface area contributed by atoms with Gasteiger partial charge in [-0.2, -0.15) is 0 Å². The standard InChI is InChI=1S/C16H24ClNO3.ClH/c1-5-21-15(19)9-14(18)11-6-12(8-13(17)7-11)16(2,3)10-20-4;/h6-8,14H,5,9-10,18H2,1-4H3;1H. The fourth-order valence-electron chi connectivity index (χ4n) is 2.18. The van der Waals surface area contributed by atoms with Crippen LogP contribution in [0, 0.1) is 0 Å². The molecule has 0 aliphatic carbocycles. The number of ether oxygens (including phenoxy) is 2. The zero-order valence-electron chi connectivity index (χ0n) is 13.5. The SMILES string of the molecule is CCOC(=O)CC(N)c1cc(Cl)cc(C(C)(C)COC)c1.Cl. The molecule has 4 nitrogen and oxygen atoms in total. The van der Waals surface area contributed by atoms with Gasteiger partial charge in [-0.25, -0.2) is 0 Å². The first-order chi connectivity index (χ1) is 9.80. The Morgan fingerprint density at radius 2 is 2.00 bits per heavy atom. The lowest BCUT2D eigenvalue weighted by Gasteiger charge is -2.26. The monoisotopic (exact) mass is 349 g/mol. The van der Waals surface area contributed by atoms with Crippen molar-refractivity contribution in [2.45, 2.75) is 38.6 Å². The topological polar surface area (TPSA) is 61.5 Å². The van der Waals surface area contributed by atoms with Gasteiger partial charge >= 0.3 is 5.97 Å². The number of carbonyl (C=O) groups is 1. The number of hydrogen-bond donors (Lipinski definition) is 1. The minimum absolute atomic E-state index is 0. The molecule has 0 aliphatic rings. The number of esters is 1. The maximum absolute atomic E-state index is 11.5. The Morgan fingerprint density at radius 3 is 2.55 bits per heavy atom. The Balaban J connectivity index is 0.00000441. The van der Waals surface area contributed by atoms with E-state index in [4.69, 9.17) is 26.8 Å². The van der Waals surface area contributed by atoms with Crippen LogP contribution in [0.1, 0.15) is 44.4 Å². The number of methoxy groups -OCH3 is 1. The largest absolute Gasteiger partial charge is 0.466 e. The molecule has 0 heterocycles. The van der Waals surface area contributed by atoms with E-state index < -0.39 is 6.04 Å². The molecule has 1 aromatic carbocycles. The van der Waals surface area contributed by atoms with E-state index in [2.05, 4.69) is 13.8 Å². The van der Waals surface area contributed by atoms with Crippen LogP contribution in [0.3, 0.4) is 0 Å². The van der Waals surface area contributed by atoms with E-state index in [0.717, 1.165) is 11.1 Å². The van der Waals surface area contributed by atoms with Gasteiger partial charge in [-0.1, -0.05) is 31.5 Å². The first-order valence-electron chi connectivity index (χ1n) is 7.01. The molecule has 2 N–H and O–H groups in total. The van der Waals surface area contributed by atoms with Gasteiger partial charge < -0.3 is 15.2 Å². The maximum atomic E-state index is 11.5. The Hall–Kier alpha value is -0.810. The van der Waals surface area contributed by atoms with Crippen molar-refractivity contribution in [1.29, 1.82) is 0 Å². The van der Waals surface area contributed by atoms with Crippen LogP contribution in [0.2, 0.25) is 5.02 Å². The van der Waals surface area contributed by atoms with Crippen molar-refractivity contribution < 1.29 is 14.3 Å². The van der Waals surface area contributed by atoms with Crippen molar-refractivity contribution in [3.63, 3.8) is 0 Å². The van der Waals surface area contributed by atoms with Gasteiger partial charge in [-0.3, -0.25) is 4.79 Å². The Bertz CT molecular complexity index is 492. The highest BCUT2D eigenvalue weighted by Gasteiger charge is 2.23. The molecule has 1 atom stereocenters. The van der Waals surface area contributed by atoms with Crippen LogP contribution < -0.4 is 5.73 Å². The lowest BCUT2D eigenvalue weighted by molar-refractivity contribution is -0.143. The molecule has 0 amide bonds. The summed E-state index contributed by atoms with van der Waals surface area (Å²) >= 11 is 6.19. The smallest absolute Gasteiger partial charge is 0.307 e. The van der Waals surface area contributed by atoms with E-state index >= 15 is 0 Å². The van der Waals surface area contributed by atoms with E-state index in [1.54, 1.807) is 20.1 Å². The Labute approximate surface area is 143 Å². The van der Waals surface area contributed by atoms with E-state index in [1.165, 1.54) is 0 Å². The molecule has 0 aliphatic heterocycles. The summed E-state index contributed by atoms with van der Waals surface area (Å²) in [6.07, 6.45) is 0.137. The second kappa shape index (κ2) is 9.36. The second-order valence-corrected chi connectivity index (χ2v) is 6.14. The third kappa shape index (κ3) is 6.13. The Morgan fingerprint density at radius 1 is 1.36 bits per heavy atom. The summed E-state index contributed by atoms with van der Waals surface area (Å²) in [4.78, 5) is 11.5. The number of carbonyl (C=O) groups excluding carboxylic acids is 1. The van der Waals surface area contributed by atoms with E-state index in [0.29, 0.717) is 18.2 Å². The minimum atomic E-state index is -0.431. The molecule has 6 heteroatoms. The number of benzene rings is 1. The molecule has 22 heavy (non-hydrogen) atoms. The molecular weight excluding hydrogens is 325 g/mol. The highest BCUT2D eigenvalue weighted by atomic mass is 35.5. The van der Waals surface area contributed by atoms with E-state index in [1.807, 2.05) is 12.1 Å². The van der Waals surface area contributed by atoms with Crippen LogP contribution in [0.25, 0.3) is 0 Å². The summed E-state index contributed by atoms with van der Waals surface area (Å²) in [5.74, 6) is -0.303. The molecule has 0 spiro atoms. The average Bonchev–Trinajstić information content (AvgIpc) is 2.38. The van der Waals surface area contributed by atoms with Gasteiger partial charge in [0.05, 0.1) is 19.6 Å². The van der Waals surface area contributed by atoms with Crippen molar-refractivity contribution in [1.82, 2.24) is 0 Å². The predicted molar refractivity (Wildman–Crippen MR) is 91.8 cm³/mol. The molecule has 0 saturated heterocycles. The molecule has 1 unspecified atom stereocenters. The molecule has 1 aromatic rings. The normalized spacial score (nSPS) is 12.5. The third-order valence-corrected chi connectivity index (χ3v) is 3.55. The van der Waals surface area contributed by atoms with Crippen molar-refractivity contribution in [2.75, 3.05) is 20.3 Å². The zero-order valence-corrected chi connectivity index (χ0v) is 15.1. The lowest BCUT2D eigenvalue weighted by atomic mass is 9.84. The van der Waals surface area contributed by atoms with Crippen LogP contribution in [0.15, 0.2) is 18.2 Å². The van der Waals surface area contributed by atoms with Crippen molar-refractivity contribution in [2.24, 2.45) is 5.73 Å². The summed E-state index contributed by atoms with van der Waals surface area (Å²) in [6.45, 7) is 6.84. The third-order valence-electron chi connectivity index (χ3n) is 3.33. The van der Waals surface area contributed by atoms with Crippen LogP contribution in [0.5, 0.6) is 0 Å². The van der Waals surface area contributed by atoms with Crippen LogP contribution in [0.4, 0.5) is 0 Å². The van der Waals surface area contributed by atoms with Crippen molar-refractivity contribution in [3.05, 3.63) is 34.3 Å². The van der Waals surface area contributed by atoms with Gasteiger partial charge in [0.15, 0.2) is 0 Å². The number of rotatable bonds is 7. The summed E-state index contributed by atoms with van der Waals surface area (Å²) < 4.78 is 10.2. The number of halogens is 2. The van der Waals surface area contributed by atoms with Gasteiger partial charge in [0.1, 0.15) is 0 Å². The molecule has 0 aromatic heterocycles. The zero-order chi connectivity index (χ0) is 16.0. The molecule has 0 fully saturated rings. The quantitative estimate of drug-likeness (QED) is 0.763. The van der Waals surface area contributed by atoms with Gasteiger partial charge in [0.25, 0.3) is 0 Å². The summed E-state index contributed by atoms with van der Waals surface area (Å²) in [5.41, 5.74) is 7.77. The van der Waals surface area contributed by atoms with Crippen LogP contribution in [-0.4, -0.2) is 26.3 Å². The number of hydrogen-bond acceptors (Lipinski definition) is 4. The molecule has 1 rings (SSSR count). The summed E-state index contributed by atoms with van der Waals surface area (Å²) in [6, 6.07) is 5.24. The fraction of sp³-hybridized carbons (Fsp3) is 0.562. The predicted octanol–water partition coefficient (Wildman–Crippen LogP) is 3.64. The lowest BCUT2D eigenvalue weighted by Crippen LogP contribution is -2.24.